The van der Waals surface area contributed by atoms with Crippen LogP contribution in [0.4, 0.5) is 0 Å². The fourth-order valence-electron chi connectivity index (χ4n) is 2.60. The highest BCUT2D eigenvalue weighted by atomic mass is 79.9. The molecular formula is C13H22BrN3O. The minimum atomic E-state index is 0.0410. The van der Waals surface area contributed by atoms with Crippen molar-refractivity contribution in [2.45, 2.75) is 51.2 Å². The van der Waals surface area contributed by atoms with Gasteiger partial charge in [-0.15, -0.1) is 0 Å². The topological polar surface area (TPSA) is 54.4 Å². The van der Waals surface area contributed by atoms with Gasteiger partial charge in [0.05, 0.1) is 6.04 Å². The normalized spacial score (nSPS) is 27.3. The Labute approximate surface area is 117 Å². The first-order valence-electron chi connectivity index (χ1n) is 6.61. The fraction of sp³-hybridized carbons (Fsp3) is 0.692. The first kappa shape index (κ1) is 14.1. The van der Waals surface area contributed by atoms with Gasteiger partial charge in [0.15, 0.2) is 4.67 Å². The van der Waals surface area contributed by atoms with E-state index in [9.17, 15) is 0 Å². The Bertz CT molecular complexity index is 372. The zero-order valence-electron chi connectivity index (χ0n) is 11.0. The summed E-state index contributed by atoms with van der Waals surface area (Å²) in [6, 6.07) is 5.00. The average molecular weight is 316 g/mol. The maximum atomic E-state index is 5.86. The van der Waals surface area contributed by atoms with Crippen LogP contribution in [0.2, 0.25) is 0 Å². The van der Waals surface area contributed by atoms with Crippen molar-refractivity contribution < 1.29 is 4.42 Å². The van der Waals surface area contributed by atoms with E-state index in [1.165, 1.54) is 19.3 Å². The Kier molecular flexibility index (Phi) is 4.84. The summed E-state index contributed by atoms with van der Waals surface area (Å²) in [7, 11) is 0. The van der Waals surface area contributed by atoms with E-state index >= 15 is 0 Å². The van der Waals surface area contributed by atoms with E-state index in [-0.39, 0.29) is 6.04 Å². The van der Waals surface area contributed by atoms with Gasteiger partial charge in [0.25, 0.3) is 0 Å². The number of furan rings is 1. The van der Waals surface area contributed by atoms with Crippen LogP contribution in [0.3, 0.4) is 0 Å². The lowest BCUT2D eigenvalue weighted by atomic mass is 9.99. The van der Waals surface area contributed by atoms with Crippen LogP contribution >= 0.6 is 15.9 Å². The molecule has 0 aliphatic carbocycles. The lowest BCUT2D eigenvalue weighted by Crippen LogP contribution is -2.54. The molecule has 1 aromatic heterocycles. The first-order chi connectivity index (χ1) is 8.61. The number of hydrogen-bond donors (Lipinski definition) is 2. The number of hydrazine groups is 1. The Balaban J connectivity index is 2.05. The molecule has 0 bridgehead atoms. The van der Waals surface area contributed by atoms with Crippen LogP contribution in [0.15, 0.2) is 21.2 Å². The van der Waals surface area contributed by atoms with Crippen LogP contribution in [-0.2, 0) is 0 Å². The van der Waals surface area contributed by atoms with Gasteiger partial charge in [-0.25, -0.2) is 10.4 Å². The SMILES string of the molecule is CC1CCCC(C)N1NC(CN)c1ccc(Br)o1. The molecule has 102 valence electrons. The van der Waals surface area contributed by atoms with Crippen LogP contribution < -0.4 is 11.2 Å². The highest BCUT2D eigenvalue weighted by molar-refractivity contribution is 9.10. The number of hydrogen-bond acceptors (Lipinski definition) is 4. The molecular weight excluding hydrogens is 294 g/mol. The Hall–Kier alpha value is -0.360. The van der Waals surface area contributed by atoms with E-state index in [2.05, 4.69) is 40.2 Å². The number of rotatable bonds is 4. The summed E-state index contributed by atoms with van der Waals surface area (Å²) in [5.74, 6) is 0.884. The number of nitrogens with zero attached hydrogens (tertiary/aromatic N) is 1. The molecule has 5 heteroatoms. The summed E-state index contributed by atoms with van der Waals surface area (Å²) in [4.78, 5) is 0. The molecule has 3 N–H and O–H groups in total. The molecule has 0 spiro atoms. The van der Waals surface area contributed by atoms with Crippen molar-refractivity contribution in [1.29, 1.82) is 0 Å². The number of nitrogens with two attached hydrogens (primary N) is 1. The van der Waals surface area contributed by atoms with Gasteiger partial charge >= 0.3 is 0 Å². The van der Waals surface area contributed by atoms with Crippen molar-refractivity contribution in [3.8, 4) is 0 Å². The maximum absolute atomic E-state index is 5.86. The van der Waals surface area contributed by atoms with Crippen molar-refractivity contribution in [2.24, 2.45) is 5.73 Å². The molecule has 18 heavy (non-hydrogen) atoms. The average Bonchev–Trinajstić information content (AvgIpc) is 2.76. The zero-order valence-corrected chi connectivity index (χ0v) is 12.6. The monoisotopic (exact) mass is 315 g/mol. The minimum Gasteiger partial charge on any atom is -0.453 e. The summed E-state index contributed by atoms with van der Waals surface area (Å²) in [6.07, 6.45) is 3.77. The van der Waals surface area contributed by atoms with E-state index in [0.29, 0.717) is 18.6 Å². The smallest absolute Gasteiger partial charge is 0.169 e. The Morgan fingerprint density at radius 2 is 2.11 bits per heavy atom. The third-order valence-corrected chi connectivity index (χ3v) is 4.10. The molecule has 3 unspecified atom stereocenters. The zero-order chi connectivity index (χ0) is 13.1. The Morgan fingerprint density at radius 1 is 1.44 bits per heavy atom. The van der Waals surface area contributed by atoms with E-state index in [1.807, 2.05) is 12.1 Å². The van der Waals surface area contributed by atoms with Crippen LogP contribution in [0.5, 0.6) is 0 Å². The summed E-state index contributed by atoms with van der Waals surface area (Å²) in [5, 5.41) is 2.33. The molecule has 1 aliphatic heterocycles. The van der Waals surface area contributed by atoms with Gasteiger partial charge in [0.2, 0.25) is 0 Å². The molecule has 0 radical (unpaired) electrons. The van der Waals surface area contributed by atoms with E-state index in [4.69, 9.17) is 10.2 Å². The fourth-order valence-corrected chi connectivity index (χ4v) is 2.92. The van der Waals surface area contributed by atoms with Crippen LogP contribution in [0.1, 0.15) is 44.9 Å². The summed E-state index contributed by atoms with van der Waals surface area (Å²) in [5.41, 5.74) is 9.39. The highest BCUT2D eigenvalue weighted by Gasteiger charge is 2.27. The van der Waals surface area contributed by atoms with E-state index in [1.54, 1.807) is 0 Å². The number of halogens is 1. The van der Waals surface area contributed by atoms with E-state index in [0.717, 1.165) is 10.4 Å². The molecule has 0 aromatic carbocycles. The van der Waals surface area contributed by atoms with Gasteiger partial charge in [-0.1, -0.05) is 6.42 Å². The van der Waals surface area contributed by atoms with E-state index < -0.39 is 0 Å². The van der Waals surface area contributed by atoms with Crippen LogP contribution in [0.25, 0.3) is 0 Å². The van der Waals surface area contributed by atoms with Crippen molar-refractivity contribution >= 4 is 15.9 Å². The van der Waals surface area contributed by atoms with Crippen molar-refractivity contribution in [3.63, 3.8) is 0 Å². The number of nitrogens with one attached hydrogen (secondary N) is 1. The Morgan fingerprint density at radius 3 is 2.61 bits per heavy atom. The summed E-state index contributed by atoms with van der Waals surface area (Å²) in [6.45, 7) is 5.04. The van der Waals surface area contributed by atoms with Gasteiger partial charge in [-0.05, 0) is 54.8 Å². The minimum absolute atomic E-state index is 0.0410. The molecule has 1 aromatic rings. The molecule has 1 aliphatic rings. The first-order valence-corrected chi connectivity index (χ1v) is 7.41. The second-order valence-electron chi connectivity index (χ2n) is 5.10. The largest absolute Gasteiger partial charge is 0.453 e. The molecule has 1 fully saturated rings. The molecule has 0 amide bonds. The third-order valence-electron chi connectivity index (χ3n) is 3.67. The van der Waals surface area contributed by atoms with Gasteiger partial charge in [0, 0.05) is 18.6 Å². The van der Waals surface area contributed by atoms with Crippen LogP contribution in [0, 0.1) is 0 Å². The second kappa shape index (κ2) is 6.19. The lowest BCUT2D eigenvalue weighted by Gasteiger charge is -2.40. The van der Waals surface area contributed by atoms with Gasteiger partial charge < -0.3 is 10.2 Å². The van der Waals surface area contributed by atoms with Crippen LogP contribution in [-0.4, -0.2) is 23.6 Å². The predicted octanol–water partition coefficient (Wildman–Crippen LogP) is 2.81. The summed E-state index contributed by atoms with van der Waals surface area (Å²) >= 11 is 3.33. The molecule has 2 heterocycles. The second-order valence-corrected chi connectivity index (χ2v) is 5.88. The summed E-state index contributed by atoms with van der Waals surface area (Å²) < 4.78 is 6.34. The molecule has 2 rings (SSSR count). The number of piperidine rings is 1. The molecule has 4 nitrogen and oxygen atoms in total. The highest BCUT2D eigenvalue weighted by Crippen LogP contribution is 2.24. The van der Waals surface area contributed by atoms with Crippen molar-refractivity contribution in [1.82, 2.24) is 10.4 Å². The lowest BCUT2D eigenvalue weighted by molar-refractivity contribution is 0.0268. The van der Waals surface area contributed by atoms with Crippen molar-refractivity contribution in [3.05, 3.63) is 22.6 Å². The predicted molar refractivity (Wildman–Crippen MR) is 76.0 cm³/mol. The van der Waals surface area contributed by atoms with Gasteiger partial charge in [-0.3, -0.25) is 0 Å². The molecule has 1 saturated heterocycles. The van der Waals surface area contributed by atoms with Gasteiger partial charge in [0.1, 0.15) is 5.76 Å². The quantitative estimate of drug-likeness (QED) is 0.897. The molecule has 3 atom stereocenters. The standard InChI is InChI=1S/C13H22BrN3O/c1-9-4-3-5-10(2)17(9)16-11(8-15)12-6-7-13(14)18-12/h6-7,9-11,16H,3-5,8,15H2,1-2H3. The maximum Gasteiger partial charge on any atom is 0.169 e. The van der Waals surface area contributed by atoms with Gasteiger partial charge in [-0.2, -0.15) is 0 Å². The van der Waals surface area contributed by atoms with Crippen molar-refractivity contribution in [2.75, 3.05) is 6.54 Å². The third kappa shape index (κ3) is 3.15. The molecule has 0 saturated carbocycles.